The lowest BCUT2D eigenvalue weighted by molar-refractivity contribution is -0.142. The molecule has 2 amide bonds. The van der Waals surface area contributed by atoms with Crippen LogP contribution in [-0.4, -0.2) is 54.9 Å². The van der Waals surface area contributed by atoms with Gasteiger partial charge in [0.25, 0.3) is 0 Å². The molecule has 0 aromatic heterocycles. The number of nitrogens with one attached hydrogen (secondary N) is 1. The van der Waals surface area contributed by atoms with E-state index in [-0.39, 0.29) is 32.3 Å². The van der Waals surface area contributed by atoms with Crippen LogP contribution in [-0.2, 0) is 9.53 Å². The number of carbonyl (C=O) groups excluding carboxylic acids is 1. The van der Waals surface area contributed by atoms with Gasteiger partial charge in [0.15, 0.2) is 0 Å². The predicted octanol–water partition coefficient (Wildman–Crippen LogP) is -0.248. The number of rotatable bonds is 7. The number of hydrogen-bond donors (Lipinski definition) is 2. The fourth-order valence-corrected chi connectivity index (χ4v) is 0.939. The SMILES string of the molecule is C#CCN(CC)C(=O)NCCOCC(=O)O. The molecule has 0 spiro atoms. The molecule has 0 aromatic carbocycles. The van der Waals surface area contributed by atoms with Gasteiger partial charge >= 0.3 is 12.0 Å². The number of ether oxygens (including phenoxy) is 1. The van der Waals surface area contributed by atoms with Crippen molar-refractivity contribution in [3.05, 3.63) is 0 Å². The first-order valence-corrected chi connectivity index (χ1v) is 4.87. The second-order valence-electron chi connectivity index (χ2n) is 2.90. The Morgan fingerprint density at radius 2 is 2.25 bits per heavy atom. The second-order valence-corrected chi connectivity index (χ2v) is 2.90. The molecule has 0 bridgehead atoms. The Balaban J connectivity index is 3.64. The van der Waals surface area contributed by atoms with Crippen molar-refractivity contribution < 1.29 is 19.4 Å². The molecule has 0 radical (unpaired) electrons. The molecule has 0 aliphatic heterocycles. The van der Waals surface area contributed by atoms with E-state index in [1.165, 1.54) is 4.90 Å². The molecule has 0 fully saturated rings. The van der Waals surface area contributed by atoms with Crippen molar-refractivity contribution in [2.75, 3.05) is 32.8 Å². The zero-order chi connectivity index (χ0) is 12.4. The first-order valence-electron chi connectivity index (χ1n) is 4.87. The fraction of sp³-hybridized carbons (Fsp3) is 0.600. The molecule has 16 heavy (non-hydrogen) atoms. The van der Waals surface area contributed by atoms with E-state index in [0.29, 0.717) is 6.54 Å². The summed E-state index contributed by atoms with van der Waals surface area (Å²) in [7, 11) is 0. The van der Waals surface area contributed by atoms with Crippen molar-refractivity contribution in [2.45, 2.75) is 6.92 Å². The molecule has 0 heterocycles. The smallest absolute Gasteiger partial charge is 0.329 e. The van der Waals surface area contributed by atoms with Gasteiger partial charge in [-0.3, -0.25) is 0 Å². The molecule has 2 N–H and O–H groups in total. The number of carboxylic acids is 1. The number of nitrogens with zero attached hydrogens (tertiary/aromatic N) is 1. The highest BCUT2D eigenvalue weighted by Gasteiger charge is 2.08. The lowest BCUT2D eigenvalue weighted by Crippen LogP contribution is -2.41. The van der Waals surface area contributed by atoms with Gasteiger partial charge in [-0.15, -0.1) is 6.42 Å². The van der Waals surface area contributed by atoms with Crippen molar-refractivity contribution in [3.8, 4) is 12.3 Å². The standard InChI is InChI=1S/C10H16N2O4/c1-3-6-12(4-2)10(15)11-5-7-16-8-9(13)14/h1H,4-8H2,2H3,(H,11,15)(H,13,14). The minimum atomic E-state index is -1.03. The summed E-state index contributed by atoms with van der Waals surface area (Å²) in [6.07, 6.45) is 5.09. The normalized spacial score (nSPS) is 9.25. The molecule has 0 saturated carbocycles. The maximum Gasteiger partial charge on any atom is 0.329 e. The summed E-state index contributed by atoms with van der Waals surface area (Å²) in [6, 6.07) is -0.278. The number of aliphatic carboxylic acids is 1. The molecule has 0 aliphatic rings. The number of urea groups is 1. The van der Waals surface area contributed by atoms with Gasteiger partial charge in [-0.2, -0.15) is 0 Å². The molecule has 0 rings (SSSR count). The van der Waals surface area contributed by atoms with Crippen LogP contribution in [0.3, 0.4) is 0 Å². The highest BCUT2D eigenvalue weighted by atomic mass is 16.5. The monoisotopic (exact) mass is 228 g/mol. The maximum atomic E-state index is 11.4. The molecule has 90 valence electrons. The van der Waals surface area contributed by atoms with Gasteiger partial charge in [-0.1, -0.05) is 5.92 Å². The van der Waals surface area contributed by atoms with Gasteiger partial charge in [0.2, 0.25) is 0 Å². The molecule has 0 aromatic rings. The molecule has 0 atom stereocenters. The third-order valence-corrected chi connectivity index (χ3v) is 1.70. The van der Waals surface area contributed by atoms with Crippen molar-refractivity contribution in [2.24, 2.45) is 0 Å². The van der Waals surface area contributed by atoms with E-state index in [1.807, 2.05) is 6.92 Å². The number of terminal acetylenes is 1. The Labute approximate surface area is 94.6 Å². The largest absolute Gasteiger partial charge is 0.480 e. The minimum absolute atomic E-state index is 0.158. The molecular weight excluding hydrogens is 212 g/mol. The molecule has 0 aliphatic carbocycles. The maximum absolute atomic E-state index is 11.4. The van der Waals surface area contributed by atoms with E-state index in [0.717, 1.165) is 0 Å². The van der Waals surface area contributed by atoms with Gasteiger partial charge in [0.1, 0.15) is 6.61 Å². The van der Waals surface area contributed by atoms with E-state index in [1.54, 1.807) is 0 Å². The Morgan fingerprint density at radius 3 is 2.75 bits per heavy atom. The summed E-state index contributed by atoms with van der Waals surface area (Å²) in [6.45, 7) is 2.64. The number of carbonyl (C=O) groups is 2. The van der Waals surface area contributed by atoms with Gasteiger partial charge < -0.3 is 20.1 Å². The topological polar surface area (TPSA) is 78.9 Å². The van der Waals surface area contributed by atoms with Crippen LogP contribution in [0.2, 0.25) is 0 Å². The molecule has 0 saturated heterocycles. The summed E-state index contributed by atoms with van der Waals surface area (Å²) >= 11 is 0. The quantitative estimate of drug-likeness (QED) is 0.465. The van der Waals surface area contributed by atoms with E-state index >= 15 is 0 Å². The van der Waals surface area contributed by atoms with Crippen molar-refractivity contribution in [3.63, 3.8) is 0 Å². The molecule has 6 heteroatoms. The average Bonchev–Trinajstić information content (AvgIpc) is 2.24. The Bertz CT molecular complexity index is 272. The number of amides is 2. The van der Waals surface area contributed by atoms with Crippen LogP contribution in [0.4, 0.5) is 4.79 Å². The third-order valence-electron chi connectivity index (χ3n) is 1.70. The summed E-state index contributed by atoms with van der Waals surface area (Å²) in [5.74, 6) is 1.34. The van der Waals surface area contributed by atoms with Crippen LogP contribution >= 0.6 is 0 Å². The number of carboxylic acid groups (broad SMARTS) is 1. The molecule has 0 unspecified atom stereocenters. The zero-order valence-electron chi connectivity index (χ0n) is 9.23. The number of hydrogen-bond acceptors (Lipinski definition) is 3. The summed E-state index contributed by atoms with van der Waals surface area (Å²) < 4.78 is 4.75. The molecular formula is C10H16N2O4. The first kappa shape index (κ1) is 14.3. The van der Waals surface area contributed by atoms with Crippen LogP contribution in [0.5, 0.6) is 0 Å². The van der Waals surface area contributed by atoms with Crippen LogP contribution in [0.1, 0.15) is 6.92 Å². The highest BCUT2D eigenvalue weighted by Crippen LogP contribution is 1.87. The Hall–Kier alpha value is -1.74. The van der Waals surface area contributed by atoms with Crippen LogP contribution in [0.15, 0.2) is 0 Å². The second kappa shape index (κ2) is 8.56. The summed E-state index contributed by atoms with van der Waals surface area (Å²) in [4.78, 5) is 23.0. The van der Waals surface area contributed by atoms with Crippen LogP contribution < -0.4 is 5.32 Å². The first-order chi connectivity index (χ1) is 7.61. The Morgan fingerprint density at radius 1 is 1.56 bits per heavy atom. The van der Waals surface area contributed by atoms with Crippen molar-refractivity contribution >= 4 is 12.0 Å². The Kier molecular flexibility index (Phi) is 7.63. The van der Waals surface area contributed by atoms with Crippen LogP contribution in [0, 0.1) is 12.3 Å². The highest BCUT2D eigenvalue weighted by molar-refractivity contribution is 5.74. The van der Waals surface area contributed by atoms with E-state index in [4.69, 9.17) is 16.3 Å². The third kappa shape index (κ3) is 6.68. The van der Waals surface area contributed by atoms with E-state index in [9.17, 15) is 9.59 Å². The van der Waals surface area contributed by atoms with Gasteiger partial charge in [-0.05, 0) is 6.92 Å². The van der Waals surface area contributed by atoms with Gasteiger partial charge in [-0.25, -0.2) is 9.59 Å². The lowest BCUT2D eigenvalue weighted by Gasteiger charge is -2.18. The summed E-state index contributed by atoms with van der Waals surface area (Å²) in [5, 5.41) is 10.8. The lowest BCUT2D eigenvalue weighted by atomic mass is 10.5. The fourth-order valence-electron chi connectivity index (χ4n) is 0.939. The zero-order valence-corrected chi connectivity index (χ0v) is 9.23. The van der Waals surface area contributed by atoms with Crippen molar-refractivity contribution in [1.82, 2.24) is 10.2 Å². The molecule has 6 nitrogen and oxygen atoms in total. The van der Waals surface area contributed by atoms with E-state index < -0.39 is 5.97 Å². The predicted molar refractivity (Wildman–Crippen MR) is 57.9 cm³/mol. The summed E-state index contributed by atoms with van der Waals surface area (Å²) in [5.41, 5.74) is 0. The minimum Gasteiger partial charge on any atom is -0.480 e. The van der Waals surface area contributed by atoms with Gasteiger partial charge in [0.05, 0.1) is 13.2 Å². The van der Waals surface area contributed by atoms with Gasteiger partial charge in [0, 0.05) is 13.1 Å². The van der Waals surface area contributed by atoms with Crippen LogP contribution in [0.25, 0.3) is 0 Å². The van der Waals surface area contributed by atoms with E-state index in [2.05, 4.69) is 11.2 Å². The average molecular weight is 228 g/mol. The van der Waals surface area contributed by atoms with Crippen molar-refractivity contribution in [1.29, 1.82) is 0 Å².